The number of rotatable bonds is 3. The molecule has 2 amide bonds. The number of anilines is 1. The van der Waals surface area contributed by atoms with Crippen molar-refractivity contribution >= 4 is 40.6 Å². The Balaban J connectivity index is 1.44. The number of carbonyl (C=O) groups is 2. The molecular formula is C22H24N4O2S. The summed E-state index contributed by atoms with van der Waals surface area (Å²) in [4.78, 5) is 34.0. The number of thiophene rings is 1. The highest BCUT2D eigenvalue weighted by Crippen LogP contribution is 2.26. The van der Waals surface area contributed by atoms with Gasteiger partial charge in [-0.3, -0.25) is 14.5 Å². The first-order chi connectivity index (χ1) is 14.1. The van der Waals surface area contributed by atoms with Gasteiger partial charge in [0.05, 0.1) is 6.54 Å². The van der Waals surface area contributed by atoms with E-state index in [1.54, 1.807) is 29.7 Å². The van der Waals surface area contributed by atoms with E-state index in [0.29, 0.717) is 25.5 Å². The molecule has 2 aromatic rings. The van der Waals surface area contributed by atoms with Crippen LogP contribution in [0, 0.1) is 0 Å². The molecule has 2 aliphatic heterocycles. The first kappa shape index (κ1) is 19.5. The molecule has 0 radical (unpaired) electrons. The van der Waals surface area contributed by atoms with Crippen LogP contribution in [0.4, 0.5) is 5.82 Å². The molecule has 0 atom stereocenters. The number of hydrogen-bond acceptors (Lipinski definition) is 5. The van der Waals surface area contributed by atoms with Crippen LogP contribution in [0.5, 0.6) is 0 Å². The first-order valence-electron chi connectivity index (χ1n) is 9.76. The zero-order valence-electron chi connectivity index (χ0n) is 16.4. The lowest BCUT2D eigenvalue weighted by atomic mass is 10.1. The van der Waals surface area contributed by atoms with E-state index in [-0.39, 0.29) is 11.8 Å². The average molecular weight is 409 g/mol. The smallest absolute Gasteiger partial charge is 0.246 e. The number of fused-ring (bicyclic) bond motifs is 1. The second kappa shape index (κ2) is 8.71. The quantitative estimate of drug-likeness (QED) is 0.792. The summed E-state index contributed by atoms with van der Waals surface area (Å²) in [6.45, 7) is 2.37. The van der Waals surface area contributed by atoms with Gasteiger partial charge in [0.1, 0.15) is 5.82 Å². The molecule has 2 aliphatic rings. The molecule has 6 nitrogen and oxygen atoms in total. The van der Waals surface area contributed by atoms with Crippen molar-refractivity contribution in [1.29, 1.82) is 0 Å². The molecule has 150 valence electrons. The van der Waals surface area contributed by atoms with Crippen LogP contribution in [0.25, 0.3) is 11.6 Å². The predicted molar refractivity (Wildman–Crippen MR) is 116 cm³/mol. The summed E-state index contributed by atoms with van der Waals surface area (Å²) in [6.07, 6.45) is 9.25. The van der Waals surface area contributed by atoms with E-state index >= 15 is 0 Å². The molecule has 1 N–H and O–H groups in total. The van der Waals surface area contributed by atoms with Crippen LogP contribution >= 0.6 is 11.3 Å². The van der Waals surface area contributed by atoms with E-state index in [1.165, 1.54) is 10.5 Å². The topological polar surface area (TPSA) is 65.5 Å². The van der Waals surface area contributed by atoms with E-state index in [4.69, 9.17) is 0 Å². The predicted octanol–water partition coefficient (Wildman–Crippen LogP) is 3.25. The maximum Gasteiger partial charge on any atom is 0.246 e. The van der Waals surface area contributed by atoms with Gasteiger partial charge in [0.15, 0.2) is 0 Å². The zero-order valence-corrected chi connectivity index (χ0v) is 17.2. The molecule has 4 rings (SSSR count). The van der Waals surface area contributed by atoms with Gasteiger partial charge in [-0.15, -0.1) is 11.3 Å². The Bertz CT molecular complexity index is 965. The molecule has 7 heteroatoms. The third-order valence-corrected chi connectivity index (χ3v) is 6.04. The summed E-state index contributed by atoms with van der Waals surface area (Å²) in [5.41, 5.74) is 3.14. The van der Waals surface area contributed by atoms with E-state index < -0.39 is 0 Å². The van der Waals surface area contributed by atoms with Crippen LogP contribution < -0.4 is 5.32 Å². The van der Waals surface area contributed by atoms with Crippen molar-refractivity contribution in [3.63, 3.8) is 0 Å². The lowest BCUT2D eigenvalue weighted by molar-refractivity contribution is -0.125. The van der Waals surface area contributed by atoms with E-state index in [2.05, 4.69) is 33.9 Å². The molecule has 0 spiro atoms. The average Bonchev–Trinajstić information content (AvgIpc) is 3.05. The van der Waals surface area contributed by atoms with Crippen LogP contribution in [0.15, 0.2) is 41.9 Å². The number of hydrogen-bond donors (Lipinski definition) is 1. The Morgan fingerprint density at radius 2 is 2.24 bits per heavy atom. The Morgan fingerprint density at radius 1 is 1.34 bits per heavy atom. The summed E-state index contributed by atoms with van der Waals surface area (Å²) in [6, 6.07) is 6.18. The summed E-state index contributed by atoms with van der Waals surface area (Å²) < 4.78 is 0. The Kier molecular flexibility index (Phi) is 5.87. The number of nitrogens with zero attached hydrogens (tertiary/aromatic N) is 3. The van der Waals surface area contributed by atoms with Crippen LogP contribution in [-0.4, -0.2) is 53.3 Å². The molecular weight excluding hydrogens is 384 g/mol. The fourth-order valence-corrected chi connectivity index (χ4v) is 4.45. The molecule has 0 bridgehead atoms. The number of likely N-dealkylation sites (N-methyl/N-ethyl adjacent to an activating group) is 1. The largest absolute Gasteiger partial charge is 0.335 e. The zero-order chi connectivity index (χ0) is 20.2. The molecule has 0 aromatic carbocycles. The van der Waals surface area contributed by atoms with Gasteiger partial charge in [0, 0.05) is 42.3 Å². The number of allylic oxidation sites excluding steroid dienone is 1. The van der Waals surface area contributed by atoms with E-state index in [9.17, 15) is 9.59 Å². The first-order valence-corrected chi connectivity index (χ1v) is 10.6. The van der Waals surface area contributed by atoms with Crippen molar-refractivity contribution in [3.05, 3.63) is 57.9 Å². The third kappa shape index (κ3) is 4.81. The van der Waals surface area contributed by atoms with Gasteiger partial charge in [-0.25, -0.2) is 4.98 Å². The molecule has 4 heterocycles. The Hall–Kier alpha value is -2.77. The van der Waals surface area contributed by atoms with Gasteiger partial charge < -0.3 is 10.2 Å². The monoisotopic (exact) mass is 408 g/mol. The summed E-state index contributed by atoms with van der Waals surface area (Å²) in [5, 5.41) is 4.91. The fourth-order valence-electron chi connectivity index (χ4n) is 3.65. The van der Waals surface area contributed by atoms with Gasteiger partial charge in [-0.2, -0.15) is 0 Å². The maximum absolute atomic E-state index is 12.7. The van der Waals surface area contributed by atoms with Crippen molar-refractivity contribution in [2.24, 2.45) is 0 Å². The van der Waals surface area contributed by atoms with Gasteiger partial charge in [-0.05, 0) is 54.6 Å². The van der Waals surface area contributed by atoms with Crippen LogP contribution in [0.3, 0.4) is 0 Å². The van der Waals surface area contributed by atoms with E-state index in [0.717, 1.165) is 30.5 Å². The number of pyridine rings is 1. The van der Waals surface area contributed by atoms with Crippen molar-refractivity contribution in [3.8, 4) is 0 Å². The highest BCUT2D eigenvalue weighted by molar-refractivity contribution is 7.11. The number of nitrogens with one attached hydrogen (secondary N) is 1. The van der Waals surface area contributed by atoms with Crippen LogP contribution in [-0.2, 0) is 16.1 Å². The van der Waals surface area contributed by atoms with Crippen molar-refractivity contribution in [1.82, 2.24) is 14.8 Å². The second-order valence-corrected chi connectivity index (χ2v) is 8.37. The van der Waals surface area contributed by atoms with Crippen molar-refractivity contribution in [2.75, 3.05) is 32.0 Å². The normalized spacial score (nSPS) is 18.0. The molecule has 0 unspecified atom stereocenters. The molecule has 0 aliphatic carbocycles. The Labute approximate surface area is 174 Å². The standard InChI is InChI=1S/C22H24N4O2S/c1-25-14-18-12-16(13-23-22(18)24-20(27)15-25)6-7-21(28)26-9-2-4-17(8-10-26)19-5-3-11-29-19/h3,5-8,11-13H,2,4,9-10,14-15H2,1H3,(H,23,24,27). The van der Waals surface area contributed by atoms with Crippen LogP contribution in [0.2, 0.25) is 0 Å². The SMILES string of the molecule is CN1CC(=O)Nc2ncc(C=CC(=O)N3CC=C(c4cccs4)CCC3)cc2C1. The van der Waals surface area contributed by atoms with Crippen molar-refractivity contribution < 1.29 is 9.59 Å². The minimum Gasteiger partial charge on any atom is -0.335 e. The molecule has 0 saturated carbocycles. The molecule has 0 saturated heterocycles. The van der Waals surface area contributed by atoms with E-state index in [1.807, 2.05) is 22.9 Å². The van der Waals surface area contributed by atoms with Crippen LogP contribution in [0.1, 0.15) is 28.8 Å². The van der Waals surface area contributed by atoms with Gasteiger partial charge in [0.25, 0.3) is 0 Å². The second-order valence-electron chi connectivity index (χ2n) is 7.42. The minimum absolute atomic E-state index is 0.00837. The van der Waals surface area contributed by atoms with Gasteiger partial charge in [0.2, 0.25) is 11.8 Å². The highest BCUT2D eigenvalue weighted by atomic mass is 32.1. The molecule has 29 heavy (non-hydrogen) atoms. The number of aromatic nitrogens is 1. The summed E-state index contributed by atoms with van der Waals surface area (Å²) in [5.74, 6) is 0.545. The van der Waals surface area contributed by atoms with Gasteiger partial charge in [-0.1, -0.05) is 12.1 Å². The highest BCUT2D eigenvalue weighted by Gasteiger charge is 2.18. The van der Waals surface area contributed by atoms with Gasteiger partial charge >= 0.3 is 0 Å². The summed E-state index contributed by atoms with van der Waals surface area (Å²) in [7, 11) is 1.90. The summed E-state index contributed by atoms with van der Waals surface area (Å²) >= 11 is 1.75. The lowest BCUT2D eigenvalue weighted by Gasteiger charge is -2.17. The Morgan fingerprint density at radius 3 is 3.07 bits per heavy atom. The third-order valence-electron chi connectivity index (χ3n) is 5.10. The minimum atomic E-state index is -0.0617. The maximum atomic E-state index is 12.7. The molecule has 2 aromatic heterocycles. The number of carbonyl (C=O) groups excluding carboxylic acids is 2. The number of amides is 2. The fraction of sp³-hybridized carbons (Fsp3) is 0.318. The lowest BCUT2D eigenvalue weighted by Crippen LogP contribution is -2.29. The molecule has 0 fully saturated rings. The van der Waals surface area contributed by atoms with Crippen molar-refractivity contribution in [2.45, 2.75) is 19.4 Å².